The van der Waals surface area contributed by atoms with E-state index in [0.717, 1.165) is 40.1 Å². The van der Waals surface area contributed by atoms with E-state index in [2.05, 4.69) is 11.1 Å². The SMILES string of the molecule is Cc1cc(COc2ccc(F)cc2)c(C)c(C2C(C#N)=C(N)N(c3cccnc3)C3=C2C(=O)CCC3)c1. The summed E-state index contributed by atoms with van der Waals surface area (Å²) in [5.41, 5.74) is 12.9. The van der Waals surface area contributed by atoms with E-state index < -0.39 is 5.92 Å². The molecule has 0 saturated heterocycles. The Morgan fingerprint density at radius 3 is 2.68 bits per heavy atom. The highest BCUT2D eigenvalue weighted by atomic mass is 19.1. The van der Waals surface area contributed by atoms with Crippen LogP contribution in [0.15, 0.2) is 83.6 Å². The molecule has 0 fully saturated rings. The number of nitrogens with zero attached hydrogens (tertiary/aromatic N) is 3. The average Bonchev–Trinajstić information content (AvgIpc) is 2.90. The van der Waals surface area contributed by atoms with Gasteiger partial charge in [-0.15, -0.1) is 0 Å². The number of aromatic nitrogens is 1. The van der Waals surface area contributed by atoms with E-state index in [1.165, 1.54) is 12.1 Å². The summed E-state index contributed by atoms with van der Waals surface area (Å²) in [6.45, 7) is 4.22. The Bertz CT molecular complexity index is 1470. The van der Waals surface area contributed by atoms with Crippen molar-refractivity contribution in [1.82, 2.24) is 4.98 Å². The normalized spacial score (nSPS) is 17.5. The number of carbonyl (C=O) groups is 1. The lowest BCUT2D eigenvalue weighted by atomic mass is 9.73. The van der Waals surface area contributed by atoms with Gasteiger partial charge in [0.25, 0.3) is 0 Å². The quantitative estimate of drug-likeness (QED) is 0.488. The largest absolute Gasteiger partial charge is 0.489 e. The molecular weight excluding hydrogens is 467 g/mol. The van der Waals surface area contributed by atoms with Crippen molar-refractivity contribution in [1.29, 1.82) is 5.26 Å². The second-order valence-corrected chi connectivity index (χ2v) is 9.41. The monoisotopic (exact) mass is 494 g/mol. The van der Waals surface area contributed by atoms with Crippen LogP contribution in [-0.4, -0.2) is 10.8 Å². The van der Waals surface area contributed by atoms with Crippen LogP contribution < -0.4 is 15.4 Å². The number of pyridine rings is 1. The molecule has 1 aromatic heterocycles. The number of Topliss-reactive ketones (excluding diaryl/α,β-unsaturated/α-hetero) is 1. The summed E-state index contributed by atoms with van der Waals surface area (Å²) >= 11 is 0. The van der Waals surface area contributed by atoms with E-state index in [4.69, 9.17) is 10.5 Å². The summed E-state index contributed by atoms with van der Waals surface area (Å²) in [5, 5.41) is 10.3. The molecule has 0 radical (unpaired) electrons. The zero-order valence-corrected chi connectivity index (χ0v) is 20.8. The molecule has 0 bridgehead atoms. The number of hydrogen-bond acceptors (Lipinski definition) is 6. The molecule has 3 aromatic rings. The van der Waals surface area contributed by atoms with Crippen molar-refractivity contribution in [3.63, 3.8) is 0 Å². The molecule has 186 valence electrons. The molecule has 5 rings (SSSR count). The van der Waals surface area contributed by atoms with Crippen LogP contribution in [0.25, 0.3) is 0 Å². The molecule has 0 saturated carbocycles. The fourth-order valence-electron chi connectivity index (χ4n) is 5.28. The van der Waals surface area contributed by atoms with Gasteiger partial charge in [0.2, 0.25) is 0 Å². The number of carbonyl (C=O) groups excluding carboxylic acids is 1. The third kappa shape index (κ3) is 4.47. The van der Waals surface area contributed by atoms with E-state index >= 15 is 0 Å². The second kappa shape index (κ2) is 9.90. The molecule has 2 heterocycles. The lowest BCUT2D eigenvalue weighted by molar-refractivity contribution is -0.116. The molecule has 2 aliphatic rings. The minimum absolute atomic E-state index is 0.0328. The Kier molecular flexibility index (Phi) is 6.49. The maximum absolute atomic E-state index is 13.4. The number of nitriles is 1. The molecule has 2 N–H and O–H groups in total. The Labute approximate surface area is 215 Å². The predicted molar refractivity (Wildman–Crippen MR) is 139 cm³/mol. The number of allylic oxidation sites excluding steroid dienone is 3. The van der Waals surface area contributed by atoms with Gasteiger partial charge in [-0.25, -0.2) is 4.39 Å². The minimum atomic E-state index is -0.565. The van der Waals surface area contributed by atoms with Crippen molar-refractivity contribution >= 4 is 11.5 Å². The number of ether oxygens (including phenoxy) is 1. The van der Waals surface area contributed by atoms with Gasteiger partial charge < -0.3 is 10.5 Å². The fourth-order valence-corrected chi connectivity index (χ4v) is 5.28. The molecular formula is C30H27FN4O2. The van der Waals surface area contributed by atoms with Crippen LogP contribution in [0.1, 0.15) is 47.4 Å². The van der Waals surface area contributed by atoms with Gasteiger partial charge >= 0.3 is 0 Å². The molecule has 7 heteroatoms. The number of anilines is 1. The zero-order valence-electron chi connectivity index (χ0n) is 20.8. The van der Waals surface area contributed by atoms with Gasteiger partial charge in [-0.05, 0) is 79.8 Å². The summed E-state index contributed by atoms with van der Waals surface area (Å²) < 4.78 is 19.2. The molecule has 2 aromatic carbocycles. The first-order valence-corrected chi connectivity index (χ1v) is 12.2. The molecule has 0 amide bonds. The lowest BCUT2D eigenvalue weighted by Crippen LogP contribution is -2.39. The van der Waals surface area contributed by atoms with Crippen LogP contribution in [0.2, 0.25) is 0 Å². The third-order valence-electron chi connectivity index (χ3n) is 7.04. The van der Waals surface area contributed by atoms with Gasteiger partial charge in [-0.1, -0.05) is 17.7 Å². The van der Waals surface area contributed by atoms with Gasteiger partial charge in [0, 0.05) is 23.9 Å². The van der Waals surface area contributed by atoms with Gasteiger partial charge in [-0.3, -0.25) is 14.7 Å². The van der Waals surface area contributed by atoms with E-state index in [-0.39, 0.29) is 18.2 Å². The Hall–Kier alpha value is -4.44. The highest BCUT2D eigenvalue weighted by molar-refractivity contribution is 6.01. The van der Waals surface area contributed by atoms with Crippen molar-refractivity contribution in [3.8, 4) is 11.8 Å². The van der Waals surface area contributed by atoms with Gasteiger partial charge in [0.1, 0.15) is 24.0 Å². The average molecular weight is 495 g/mol. The maximum Gasteiger partial charge on any atom is 0.161 e. The summed E-state index contributed by atoms with van der Waals surface area (Å²) in [6, 6.07) is 16.0. The maximum atomic E-state index is 13.4. The van der Waals surface area contributed by atoms with Crippen molar-refractivity contribution in [2.24, 2.45) is 5.73 Å². The first-order valence-electron chi connectivity index (χ1n) is 12.2. The minimum Gasteiger partial charge on any atom is -0.489 e. The number of hydrogen-bond donors (Lipinski definition) is 1. The van der Waals surface area contributed by atoms with Crippen molar-refractivity contribution in [2.75, 3.05) is 4.90 Å². The predicted octanol–water partition coefficient (Wildman–Crippen LogP) is 5.72. The number of rotatable bonds is 5. The van der Waals surface area contributed by atoms with Crippen LogP contribution in [0, 0.1) is 31.0 Å². The van der Waals surface area contributed by atoms with Gasteiger partial charge in [-0.2, -0.15) is 5.26 Å². The molecule has 1 aliphatic heterocycles. The molecule has 6 nitrogen and oxygen atoms in total. The number of benzene rings is 2. The van der Waals surface area contributed by atoms with Crippen LogP contribution >= 0.6 is 0 Å². The molecule has 37 heavy (non-hydrogen) atoms. The summed E-state index contributed by atoms with van der Waals surface area (Å²) in [7, 11) is 0. The van der Waals surface area contributed by atoms with Crippen LogP contribution in [-0.2, 0) is 11.4 Å². The number of nitrogens with two attached hydrogens (primary N) is 1. The Morgan fingerprint density at radius 2 is 1.97 bits per heavy atom. The number of aryl methyl sites for hydroxylation is 1. The van der Waals surface area contributed by atoms with Gasteiger partial charge in [0.05, 0.1) is 29.4 Å². The second-order valence-electron chi connectivity index (χ2n) is 9.41. The molecule has 1 unspecified atom stereocenters. The van der Waals surface area contributed by atoms with E-state index in [1.54, 1.807) is 24.5 Å². The van der Waals surface area contributed by atoms with Crippen molar-refractivity contribution < 1.29 is 13.9 Å². The van der Waals surface area contributed by atoms with E-state index in [0.29, 0.717) is 35.6 Å². The van der Waals surface area contributed by atoms with Crippen LogP contribution in [0.3, 0.4) is 0 Å². The van der Waals surface area contributed by atoms with Crippen molar-refractivity contribution in [3.05, 3.63) is 112 Å². The van der Waals surface area contributed by atoms with E-state index in [1.807, 2.05) is 43.0 Å². The number of halogens is 1. The van der Waals surface area contributed by atoms with Crippen molar-refractivity contribution in [2.45, 2.75) is 45.6 Å². The highest BCUT2D eigenvalue weighted by Gasteiger charge is 2.41. The molecule has 0 spiro atoms. The molecule has 1 atom stereocenters. The lowest BCUT2D eigenvalue weighted by Gasteiger charge is -2.40. The summed E-state index contributed by atoms with van der Waals surface area (Å²) in [4.78, 5) is 19.5. The first kappa shape index (κ1) is 24.3. The third-order valence-corrected chi connectivity index (χ3v) is 7.04. The Morgan fingerprint density at radius 1 is 1.19 bits per heavy atom. The van der Waals surface area contributed by atoms with Crippen LogP contribution in [0.5, 0.6) is 5.75 Å². The van der Waals surface area contributed by atoms with E-state index in [9.17, 15) is 14.4 Å². The fraction of sp³-hybridized carbons (Fsp3) is 0.233. The highest BCUT2D eigenvalue weighted by Crippen LogP contribution is 2.47. The van der Waals surface area contributed by atoms with Crippen LogP contribution in [0.4, 0.5) is 10.1 Å². The number of ketones is 1. The topological polar surface area (TPSA) is 92.2 Å². The Balaban J connectivity index is 1.62. The zero-order chi connectivity index (χ0) is 26.1. The molecule has 1 aliphatic carbocycles. The van der Waals surface area contributed by atoms with Gasteiger partial charge in [0.15, 0.2) is 5.78 Å². The standard InChI is InChI=1S/C30H27FN4O2/c1-18-13-20(17-37-23-10-8-21(31)9-11-23)19(2)24(14-18)28-25(15-32)30(33)35(22-5-4-12-34-16-22)26-6-3-7-27(36)29(26)28/h4-5,8-14,16,28H,3,6-7,17,33H2,1-2H3. The smallest absolute Gasteiger partial charge is 0.161 e. The summed E-state index contributed by atoms with van der Waals surface area (Å²) in [6.07, 6.45) is 5.19. The first-order chi connectivity index (χ1) is 17.9. The summed E-state index contributed by atoms with van der Waals surface area (Å²) in [5.74, 6) is 0.0196.